The number of esters is 1. The number of nitrogens with zero attached hydrogens (tertiary/aromatic N) is 3. The maximum absolute atomic E-state index is 11.6. The number of ether oxygens (including phenoxy) is 2. The molecule has 0 atom stereocenters. The van der Waals surface area contributed by atoms with Gasteiger partial charge in [0.25, 0.3) is 0 Å². The Labute approximate surface area is 131 Å². The summed E-state index contributed by atoms with van der Waals surface area (Å²) in [5, 5.41) is 29.3. The second-order valence-corrected chi connectivity index (χ2v) is 4.12. The number of benzene rings is 1. The highest BCUT2D eigenvalue weighted by atomic mass is 35.5. The Bertz CT molecular complexity index is 750. The van der Waals surface area contributed by atoms with E-state index in [9.17, 15) is 4.79 Å². The zero-order valence-electron chi connectivity index (χ0n) is 11.6. The first kappa shape index (κ1) is 16.8. The van der Waals surface area contributed by atoms with E-state index >= 15 is 0 Å². The maximum atomic E-state index is 11.6. The van der Waals surface area contributed by atoms with Crippen molar-refractivity contribution >= 4 is 23.3 Å². The summed E-state index contributed by atoms with van der Waals surface area (Å²) in [6.07, 6.45) is 0. The van der Waals surface area contributed by atoms with Crippen molar-refractivity contribution in [2.24, 2.45) is 0 Å². The molecule has 7 nitrogen and oxygen atoms in total. The van der Waals surface area contributed by atoms with E-state index in [4.69, 9.17) is 32.1 Å². The Morgan fingerprint density at radius 1 is 1.18 bits per heavy atom. The molecule has 0 saturated carbocycles. The molecule has 22 heavy (non-hydrogen) atoms. The van der Waals surface area contributed by atoms with Crippen LogP contribution in [0.1, 0.15) is 10.4 Å². The highest BCUT2D eigenvalue weighted by Crippen LogP contribution is 2.34. The molecular formula is C14H9ClN4O3. The molecule has 0 spiro atoms. The Balaban J connectivity index is 3.46. The predicted molar refractivity (Wildman–Crippen MR) is 76.8 cm³/mol. The van der Waals surface area contributed by atoms with Crippen molar-refractivity contribution < 1.29 is 14.3 Å². The van der Waals surface area contributed by atoms with Crippen molar-refractivity contribution in [1.29, 1.82) is 15.8 Å². The van der Waals surface area contributed by atoms with E-state index in [1.807, 2.05) is 0 Å². The van der Waals surface area contributed by atoms with Gasteiger partial charge in [0.15, 0.2) is 5.57 Å². The molecule has 0 fully saturated rings. The summed E-state index contributed by atoms with van der Waals surface area (Å²) in [5.74, 6) is -0.471. The van der Waals surface area contributed by atoms with Crippen LogP contribution in [0.25, 0.3) is 0 Å². The number of nitriles is 3. The van der Waals surface area contributed by atoms with E-state index < -0.39 is 11.5 Å². The standard InChI is InChI=1S/C14H9ClN4O3/c1-21-12-4-8(14(20)22-2)3-10(13(12)15)19-11(7-18)9(5-16)6-17/h3-4,19H,1-2H3. The fourth-order valence-corrected chi connectivity index (χ4v) is 1.72. The van der Waals surface area contributed by atoms with E-state index in [2.05, 4.69) is 10.1 Å². The maximum Gasteiger partial charge on any atom is 0.338 e. The molecule has 0 bridgehead atoms. The Morgan fingerprint density at radius 2 is 1.82 bits per heavy atom. The largest absolute Gasteiger partial charge is 0.495 e. The van der Waals surface area contributed by atoms with Gasteiger partial charge in [0, 0.05) is 0 Å². The Hall–Kier alpha value is -3.21. The molecule has 1 aromatic rings. The van der Waals surface area contributed by atoms with E-state index in [1.54, 1.807) is 18.2 Å². The highest BCUT2D eigenvalue weighted by Gasteiger charge is 2.16. The van der Waals surface area contributed by atoms with Gasteiger partial charge in [0.05, 0.1) is 25.5 Å². The zero-order valence-corrected chi connectivity index (χ0v) is 12.4. The van der Waals surface area contributed by atoms with Crippen LogP contribution in [-0.2, 0) is 4.74 Å². The Morgan fingerprint density at radius 3 is 2.27 bits per heavy atom. The van der Waals surface area contributed by atoms with Crippen molar-refractivity contribution in [2.45, 2.75) is 0 Å². The molecule has 1 N–H and O–H groups in total. The average molecular weight is 317 g/mol. The lowest BCUT2D eigenvalue weighted by Gasteiger charge is -2.12. The summed E-state index contributed by atoms with van der Waals surface area (Å²) >= 11 is 6.08. The summed E-state index contributed by atoms with van der Waals surface area (Å²) in [6, 6.07) is 7.55. The number of halogens is 1. The summed E-state index contributed by atoms with van der Waals surface area (Å²) in [6.45, 7) is 0. The number of hydrogen-bond donors (Lipinski definition) is 1. The topological polar surface area (TPSA) is 119 Å². The monoisotopic (exact) mass is 316 g/mol. The van der Waals surface area contributed by atoms with Crippen LogP contribution in [0, 0.1) is 34.0 Å². The van der Waals surface area contributed by atoms with Crippen LogP contribution < -0.4 is 10.1 Å². The fourth-order valence-electron chi connectivity index (χ4n) is 1.49. The highest BCUT2D eigenvalue weighted by molar-refractivity contribution is 6.35. The van der Waals surface area contributed by atoms with Crippen LogP contribution in [0.5, 0.6) is 5.75 Å². The second-order valence-electron chi connectivity index (χ2n) is 3.74. The van der Waals surface area contributed by atoms with Crippen molar-refractivity contribution in [3.05, 3.63) is 34.0 Å². The quantitative estimate of drug-likeness (QED) is 0.668. The molecule has 0 aliphatic rings. The molecule has 0 amide bonds. The number of nitrogens with one attached hydrogen (secondary N) is 1. The number of carbonyl (C=O) groups is 1. The molecular weight excluding hydrogens is 308 g/mol. The summed E-state index contributed by atoms with van der Waals surface area (Å²) < 4.78 is 9.65. The molecule has 110 valence electrons. The SMILES string of the molecule is COC(=O)c1cc(NC(C#N)=C(C#N)C#N)c(Cl)c(OC)c1. The smallest absolute Gasteiger partial charge is 0.338 e. The molecule has 0 unspecified atom stereocenters. The summed E-state index contributed by atoms with van der Waals surface area (Å²) in [7, 11) is 2.56. The van der Waals surface area contributed by atoms with Gasteiger partial charge in [-0.3, -0.25) is 0 Å². The van der Waals surface area contributed by atoms with Crippen LogP contribution in [0.2, 0.25) is 5.02 Å². The van der Waals surface area contributed by atoms with E-state index in [0.29, 0.717) is 0 Å². The zero-order chi connectivity index (χ0) is 16.7. The number of rotatable bonds is 4. The normalized spacial score (nSPS) is 8.73. The van der Waals surface area contributed by atoms with Gasteiger partial charge in [-0.2, -0.15) is 15.8 Å². The minimum atomic E-state index is -0.638. The van der Waals surface area contributed by atoms with E-state index in [0.717, 1.165) is 0 Å². The lowest BCUT2D eigenvalue weighted by molar-refractivity contribution is 0.0600. The Kier molecular flexibility index (Phi) is 5.77. The molecule has 0 aromatic heterocycles. The lowest BCUT2D eigenvalue weighted by atomic mass is 10.1. The van der Waals surface area contributed by atoms with E-state index in [-0.39, 0.29) is 27.7 Å². The third-order valence-electron chi connectivity index (χ3n) is 2.53. The van der Waals surface area contributed by atoms with Gasteiger partial charge in [-0.15, -0.1) is 0 Å². The van der Waals surface area contributed by atoms with Crippen molar-refractivity contribution in [3.8, 4) is 24.0 Å². The minimum absolute atomic E-state index is 0.0816. The van der Waals surface area contributed by atoms with Crippen molar-refractivity contribution in [1.82, 2.24) is 0 Å². The average Bonchev–Trinajstić information content (AvgIpc) is 2.55. The van der Waals surface area contributed by atoms with Crippen LogP contribution in [0.3, 0.4) is 0 Å². The number of allylic oxidation sites excluding steroid dienone is 2. The summed E-state index contributed by atoms with van der Waals surface area (Å²) in [5.41, 5.74) is -0.461. The van der Waals surface area contributed by atoms with Gasteiger partial charge < -0.3 is 14.8 Å². The molecule has 0 heterocycles. The molecule has 0 aliphatic heterocycles. The van der Waals surface area contributed by atoms with Gasteiger partial charge in [-0.1, -0.05) is 11.6 Å². The number of hydrogen-bond acceptors (Lipinski definition) is 7. The van der Waals surface area contributed by atoms with Crippen molar-refractivity contribution in [3.63, 3.8) is 0 Å². The second kappa shape index (κ2) is 7.54. The van der Waals surface area contributed by atoms with Gasteiger partial charge in [-0.05, 0) is 12.1 Å². The molecule has 1 aromatic carbocycles. The number of methoxy groups -OCH3 is 2. The molecule has 0 aliphatic carbocycles. The van der Waals surface area contributed by atoms with Gasteiger partial charge >= 0.3 is 5.97 Å². The fraction of sp³-hybridized carbons (Fsp3) is 0.143. The lowest BCUT2D eigenvalue weighted by Crippen LogP contribution is -2.06. The van der Waals surface area contributed by atoms with E-state index in [1.165, 1.54) is 26.4 Å². The van der Waals surface area contributed by atoms with Crippen LogP contribution >= 0.6 is 11.6 Å². The van der Waals surface area contributed by atoms with Gasteiger partial charge in [-0.25, -0.2) is 4.79 Å². The van der Waals surface area contributed by atoms with Crippen LogP contribution in [0.15, 0.2) is 23.4 Å². The first-order chi connectivity index (χ1) is 10.5. The molecule has 0 saturated heterocycles. The number of anilines is 1. The minimum Gasteiger partial charge on any atom is -0.495 e. The van der Waals surface area contributed by atoms with Crippen molar-refractivity contribution in [2.75, 3.05) is 19.5 Å². The van der Waals surface area contributed by atoms with Gasteiger partial charge in [0.1, 0.15) is 34.7 Å². The first-order valence-electron chi connectivity index (χ1n) is 5.69. The third-order valence-corrected chi connectivity index (χ3v) is 2.92. The number of carbonyl (C=O) groups excluding carboxylic acids is 1. The first-order valence-corrected chi connectivity index (χ1v) is 6.07. The van der Waals surface area contributed by atoms with Gasteiger partial charge in [0.2, 0.25) is 0 Å². The molecule has 1 rings (SSSR count). The predicted octanol–water partition coefficient (Wildman–Crippen LogP) is 2.37. The summed E-state index contributed by atoms with van der Waals surface area (Å²) in [4.78, 5) is 11.6. The molecule has 8 heteroatoms. The van der Waals surface area contributed by atoms with Crippen LogP contribution in [-0.4, -0.2) is 20.2 Å². The molecule has 0 radical (unpaired) electrons. The third kappa shape index (κ3) is 3.46. The van der Waals surface area contributed by atoms with Crippen LogP contribution in [0.4, 0.5) is 5.69 Å².